The van der Waals surface area contributed by atoms with Gasteiger partial charge in [0.25, 0.3) is 0 Å². The largest absolute Gasteiger partial charge is 0.496 e. The van der Waals surface area contributed by atoms with Crippen LogP contribution in [0.25, 0.3) is 0 Å². The minimum absolute atomic E-state index is 0.0539. The number of rotatable bonds is 8. The third-order valence-corrected chi connectivity index (χ3v) is 3.23. The maximum absolute atomic E-state index is 12.3. The molecule has 2 N–H and O–H groups in total. The molecule has 0 heterocycles. The van der Waals surface area contributed by atoms with E-state index in [4.69, 9.17) is 15.2 Å². The van der Waals surface area contributed by atoms with Gasteiger partial charge in [0.1, 0.15) is 17.1 Å². The topological polar surface area (TPSA) is 61.5 Å². The summed E-state index contributed by atoms with van der Waals surface area (Å²) in [6, 6.07) is 5.36. The molecule has 0 aliphatic heterocycles. The van der Waals surface area contributed by atoms with Gasteiger partial charge in [0, 0.05) is 6.42 Å². The zero-order valence-electron chi connectivity index (χ0n) is 11.9. The van der Waals surface area contributed by atoms with Gasteiger partial charge in [-0.05, 0) is 37.4 Å². The molecule has 0 radical (unpaired) electrons. The van der Waals surface area contributed by atoms with Crippen LogP contribution < -0.4 is 15.2 Å². The van der Waals surface area contributed by atoms with Gasteiger partial charge in [-0.3, -0.25) is 4.79 Å². The molecule has 1 unspecified atom stereocenters. The van der Waals surface area contributed by atoms with E-state index >= 15 is 0 Å². The first-order valence-corrected chi connectivity index (χ1v) is 6.58. The highest BCUT2D eigenvalue weighted by Crippen LogP contribution is 2.30. The molecule has 0 bridgehead atoms. The lowest BCUT2D eigenvalue weighted by Crippen LogP contribution is -2.09. The van der Waals surface area contributed by atoms with Crippen molar-refractivity contribution in [2.24, 2.45) is 11.7 Å². The van der Waals surface area contributed by atoms with E-state index in [1.165, 1.54) is 0 Å². The van der Waals surface area contributed by atoms with Crippen molar-refractivity contribution >= 4 is 5.78 Å². The number of benzene rings is 1. The Morgan fingerprint density at radius 3 is 2.26 bits per heavy atom. The molecular weight excluding hydrogens is 242 g/mol. The summed E-state index contributed by atoms with van der Waals surface area (Å²) in [4.78, 5) is 12.3. The van der Waals surface area contributed by atoms with Crippen LogP contribution in [-0.2, 0) is 0 Å². The third-order valence-electron chi connectivity index (χ3n) is 3.23. The van der Waals surface area contributed by atoms with Crippen molar-refractivity contribution in [3.8, 4) is 11.5 Å². The van der Waals surface area contributed by atoms with Crippen LogP contribution in [0.2, 0.25) is 0 Å². The van der Waals surface area contributed by atoms with E-state index in [-0.39, 0.29) is 5.78 Å². The van der Waals surface area contributed by atoms with Crippen LogP contribution in [0.1, 0.15) is 36.5 Å². The molecule has 1 rings (SSSR count). The Morgan fingerprint density at radius 1 is 1.21 bits per heavy atom. The average Bonchev–Trinajstić information content (AvgIpc) is 2.44. The SMILES string of the molecule is COc1cccc(OC)c1C(=O)CCC(C)CCN. The molecule has 1 atom stereocenters. The number of carbonyl (C=O) groups is 1. The second-order valence-corrected chi connectivity index (χ2v) is 4.68. The molecule has 0 aliphatic carbocycles. The zero-order chi connectivity index (χ0) is 14.3. The van der Waals surface area contributed by atoms with Crippen LogP contribution in [0.4, 0.5) is 0 Å². The lowest BCUT2D eigenvalue weighted by molar-refractivity contribution is 0.0968. The van der Waals surface area contributed by atoms with Gasteiger partial charge >= 0.3 is 0 Å². The standard InChI is InChI=1S/C15H23NO3/c1-11(9-10-16)7-8-12(17)15-13(18-2)5-4-6-14(15)19-3/h4-6,11H,7-10,16H2,1-3H3. The fourth-order valence-corrected chi connectivity index (χ4v) is 2.06. The number of carbonyl (C=O) groups excluding carboxylic acids is 1. The van der Waals surface area contributed by atoms with Gasteiger partial charge in [-0.2, -0.15) is 0 Å². The number of Topliss-reactive ketones (excluding diaryl/α,β-unsaturated/α-hetero) is 1. The van der Waals surface area contributed by atoms with Crippen molar-refractivity contribution in [3.05, 3.63) is 23.8 Å². The smallest absolute Gasteiger partial charge is 0.170 e. The maximum atomic E-state index is 12.3. The Morgan fingerprint density at radius 2 is 1.79 bits per heavy atom. The lowest BCUT2D eigenvalue weighted by Gasteiger charge is -2.13. The van der Waals surface area contributed by atoms with Gasteiger partial charge in [-0.15, -0.1) is 0 Å². The molecule has 0 saturated heterocycles. The van der Waals surface area contributed by atoms with Crippen LogP contribution >= 0.6 is 0 Å². The molecule has 4 heteroatoms. The summed E-state index contributed by atoms with van der Waals surface area (Å²) < 4.78 is 10.5. The van der Waals surface area contributed by atoms with Crippen LogP contribution in [0, 0.1) is 5.92 Å². The van der Waals surface area contributed by atoms with E-state index in [0.29, 0.717) is 35.9 Å². The summed E-state index contributed by atoms with van der Waals surface area (Å²) in [6.07, 6.45) is 2.26. The quantitative estimate of drug-likeness (QED) is 0.734. The minimum Gasteiger partial charge on any atom is -0.496 e. The van der Waals surface area contributed by atoms with E-state index in [1.807, 2.05) is 6.07 Å². The highest BCUT2D eigenvalue weighted by atomic mass is 16.5. The molecule has 0 amide bonds. The minimum atomic E-state index is 0.0539. The number of methoxy groups -OCH3 is 2. The number of ether oxygens (including phenoxy) is 2. The van der Waals surface area contributed by atoms with Crippen molar-refractivity contribution in [1.29, 1.82) is 0 Å². The number of hydrogen-bond donors (Lipinski definition) is 1. The number of hydrogen-bond acceptors (Lipinski definition) is 4. The van der Waals surface area contributed by atoms with E-state index in [0.717, 1.165) is 12.8 Å². The van der Waals surface area contributed by atoms with Gasteiger partial charge in [0.15, 0.2) is 5.78 Å². The van der Waals surface area contributed by atoms with Crippen molar-refractivity contribution in [1.82, 2.24) is 0 Å². The second-order valence-electron chi connectivity index (χ2n) is 4.68. The lowest BCUT2D eigenvalue weighted by atomic mass is 9.97. The highest BCUT2D eigenvalue weighted by Gasteiger charge is 2.18. The first-order valence-electron chi connectivity index (χ1n) is 6.58. The average molecular weight is 265 g/mol. The predicted octanol–water partition coefficient (Wildman–Crippen LogP) is 2.65. The van der Waals surface area contributed by atoms with Crippen molar-refractivity contribution < 1.29 is 14.3 Å². The Hall–Kier alpha value is -1.55. The summed E-state index contributed by atoms with van der Waals surface area (Å²) in [6.45, 7) is 2.77. The summed E-state index contributed by atoms with van der Waals surface area (Å²) in [5.74, 6) is 1.64. The van der Waals surface area contributed by atoms with E-state index < -0.39 is 0 Å². The van der Waals surface area contributed by atoms with Gasteiger partial charge < -0.3 is 15.2 Å². The fraction of sp³-hybridized carbons (Fsp3) is 0.533. The Kier molecular flexibility index (Phi) is 6.36. The molecule has 19 heavy (non-hydrogen) atoms. The first-order chi connectivity index (χ1) is 9.13. The third kappa shape index (κ3) is 4.24. The van der Waals surface area contributed by atoms with Crippen molar-refractivity contribution in [3.63, 3.8) is 0 Å². The zero-order valence-corrected chi connectivity index (χ0v) is 11.9. The van der Waals surface area contributed by atoms with Crippen LogP contribution in [0.3, 0.4) is 0 Å². The van der Waals surface area contributed by atoms with Gasteiger partial charge in [0.05, 0.1) is 14.2 Å². The molecular formula is C15H23NO3. The Labute approximate surface area is 114 Å². The van der Waals surface area contributed by atoms with Gasteiger partial charge in [0.2, 0.25) is 0 Å². The molecule has 0 aromatic heterocycles. The van der Waals surface area contributed by atoms with Gasteiger partial charge in [-0.25, -0.2) is 0 Å². The van der Waals surface area contributed by atoms with E-state index in [2.05, 4.69) is 6.92 Å². The first kappa shape index (κ1) is 15.5. The van der Waals surface area contributed by atoms with Crippen molar-refractivity contribution in [2.75, 3.05) is 20.8 Å². The summed E-state index contributed by atoms with van der Waals surface area (Å²) in [5.41, 5.74) is 6.05. The molecule has 1 aromatic carbocycles. The monoisotopic (exact) mass is 265 g/mol. The Bertz CT molecular complexity index is 396. The Balaban J connectivity index is 2.81. The maximum Gasteiger partial charge on any atom is 0.170 e. The van der Waals surface area contributed by atoms with E-state index in [9.17, 15) is 4.79 Å². The fourth-order valence-electron chi connectivity index (χ4n) is 2.06. The van der Waals surface area contributed by atoms with Crippen LogP contribution in [0.5, 0.6) is 11.5 Å². The van der Waals surface area contributed by atoms with E-state index in [1.54, 1.807) is 26.4 Å². The summed E-state index contributed by atoms with van der Waals surface area (Å²) in [5, 5.41) is 0. The summed E-state index contributed by atoms with van der Waals surface area (Å²) in [7, 11) is 3.12. The normalized spacial score (nSPS) is 12.0. The van der Waals surface area contributed by atoms with Gasteiger partial charge in [-0.1, -0.05) is 13.0 Å². The van der Waals surface area contributed by atoms with Crippen molar-refractivity contribution in [2.45, 2.75) is 26.2 Å². The molecule has 1 aromatic rings. The second kappa shape index (κ2) is 7.79. The number of nitrogens with two attached hydrogens (primary N) is 1. The molecule has 0 spiro atoms. The van der Waals surface area contributed by atoms with Crippen LogP contribution in [0.15, 0.2) is 18.2 Å². The molecule has 106 valence electrons. The molecule has 4 nitrogen and oxygen atoms in total. The highest BCUT2D eigenvalue weighted by molar-refractivity contribution is 6.01. The number of ketones is 1. The molecule has 0 aliphatic rings. The molecule has 0 saturated carbocycles. The molecule has 0 fully saturated rings. The predicted molar refractivity (Wildman–Crippen MR) is 75.9 cm³/mol. The van der Waals surface area contributed by atoms with Crippen LogP contribution in [-0.4, -0.2) is 26.5 Å². The summed E-state index contributed by atoms with van der Waals surface area (Å²) >= 11 is 0.